The highest BCUT2D eigenvalue weighted by molar-refractivity contribution is 5.93. The smallest absolute Gasteiger partial charge is 0.293 e. The highest BCUT2D eigenvalue weighted by atomic mass is 16.5. The van der Waals surface area contributed by atoms with Crippen molar-refractivity contribution in [1.82, 2.24) is 10.1 Å². The van der Waals surface area contributed by atoms with Crippen LogP contribution in [-0.2, 0) is 22.4 Å². The van der Waals surface area contributed by atoms with E-state index in [0.29, 0.717) is 25.5 Å². The minimum Gasteiger partial charge on any atom is -0.377 e. The minimum absolute atomic E-state index is 0.0993. The standard InChI is InChI=1S/C14H19N3O4/c15-12(18)7-9-8-20-6-5-17(9)14(19)13-10-3-1-2-4-11(10)16-21-13/h9H,1-8H2,(H2,15,18)/t9-/m0/s1. The molecule has 0 bridgehead atoms. The second-order valence-electron chi connectivity index (χ2n) is 5.54. The largest absolute Gasteiger partial charge is 0.377 e. The van der Waals surface area contributed by atoms with Gasteiger partial charge in [-0.1, -0.05) is 5.16 Å². The van der Waals surface area contributed by atoms with Gasteiger partial charge in [0, 0.05) is 18.5 Å². The van der Waals surface area contributed by atoms with Crippen molar-refractivity contribution in [3.63, 3.8) is 0 Å². The Morgan fingerprint density at radius 3 is 2.95 bits per heavy atom. The van der Waals surface area contributed by atoms with E-state index in [4.69, 9.17) is 15.0 Å². The molecule has 1 atom stereocenters. The Bertz CT molecular complexity index is 554. The predicted molar refractivity (Wildman–Crippen MR) is 72.6 cm³/mol. The van der Waals surface area contributed by atoms with Crippen molar-refractivity contribution in [1.29, 1.82) is 0 Å². The van der Waals surface area contributed by atoms with Crippen LogP contribution in [0.2, 0.25) is 0 Å². The maximum Gasteiger partial charge on any atom is 0.293 e. The van der Waals surface area contributed by atoms with Gasteiger partial charge in [-0.05, 0) is 25.7 Å². The third-order valence-corrected chi connectivity index (χ3v) is 4.08. The number of hydrogen-bond acceptors (Lipinski definition) is 5. The van der Waals surface area contributed by atoms with Gasteiger partial charge in [0.15, 0.2) is 0 Å². The van der Waals surface area contributed by atoms with Crippen LogP contribution in [0, 0.1) is 0 Å². The number of ether oxygens (including phenoxy) is 1. The fourth-order valence-electron chi connectivity index (χ4n) is 3.01. The molecule has 0 radical (unpaired) electrons. The van der Waals surface area contributed by atoms with Gasteiger partial charge in [0.2, 0.25) is 11.7 Å². The second-order valence-corrected chi connectivity index (χ2v) is 5.54. The second kappa shape index (κ2) is 5.85. The molecule has 1 saturated heterocycles. The van der Waals surface area contributed by atoms with Crippen molar-refractivity contribution in [3.05, 3.63) is 17.0 Å². The third kappa shape index (κ3) is 2.78. The highest BCUT2D eigenvalue weighted by Crippen LogP contribution is 2.26. The molecule has 7 heteroatoms. The average molecular weight is 293 g/mol. The van der Waals surface area contributed by atoms with E-state index in [-0.39, 0.29) is 18.4 Å². The number of nitrogens with zero attached hydrogens (tertiary/aromatic N) is 2. The van der Waals surface area contributed by atoms with E-state index >= 15 is 0 Å². The van der Waals surface area contributed by atoms with Crippen molar-refractivity contribution in [3.8, 4) is 0 Å². The van der Waals surface area contributed by atoms with Crippen molar-refractivity contribution < 1.29 is 18.8 Å². The summed E-state index contributed by atoms with van der Waals surface area (Å²) in [5, 5.41) is 4.01. The minimum atomic E-state index is -0.442. The van der Waals surface area contributed by atoms with Gasteiger partial charge in [-0.2, -0.15) is 0 Å². The molecular weight excluding hydrogens is 274 g/mol. The van der Waals surface area contributed by atoms with Gasteiger partial charge < -0.3 is 19.9 Å². The number of morpholine rings is 1. The Hall–Kier alpha value is -1.89. The summed E-state index contributed by atoms with van der Waals surface area (Å²) in [6, 6.07) is -0.326. The quantitative estimate of drug-likeness (QED) is 0.862. The molecule has 0 aromatic carbocycles. The topological polar surface area (TPSA) is 98.7 Å². The number of carbonyl (C=O) groups excluding carboxylic acids is 2. The molecule has 3 rings (SSSR count). The Balaban J connectivity index is 1.82. The Morgan fingerprint density at radius 2 is 2.14 bits per heavy atom. The van der Waals surface area contributed by atoms with Gasteiger partial charge in [0.25, 0.3) is 5.91 Å². The van der Waals surface area contributed by atoms with Crippen LogP contribution >= 0.6 is 0 Å². The maximum atomic E-state index is 12.7. The zero-order valence-corrected chi connectivity index (χ0v) is 11.8. The van der Waals surface area contributed by atoms with Crippen LogP contribution in [0.3, 0.4) is 0 Å². The lowest BCUT2D eigenvalue weighted by molar-refractivity contribution is -0.120. The number of hydrogen-bond donors (Lipinski definition) is 1. The molecule has 114 valence electrons. The number of amides is 2. The van der Waals surface area contributed by atoms with E-state index in [2.05, 4.69) is 5.16 Å². The zero-order valence-electron chi connectivity index (χ0n) is 11.8. The number of carbonyl (C=O) groups is 2. The zero-order chi connectivity index (χ0) is 14.8. The summed E-state index contributed by atoms with van der Waals surface area (Å²) in [5.41, 5.74) is 7.07. The summed E-state index contributed by atoms with van der Waals surface area (Å²) < 4.78 is 10.6. The van der Waals surface area contributed by atoms with Crippen LogP contribution in [0.1, 0.15) is 41.1 Å². The van der Waals surface area contributed by atoms with Gasteiger partial charge >= 0.3 is 0 Å². The number of nitrogens with two attached hydrogens (primary N) is 1. The summed E-state index contributed by atoms with van der Waals surface area (Å²) in [6.07, 6.45) is 3.91. The molecule has 2 heterocycles. The third-order valence-electron chi connectivity index (χ3n) is 4.08. The van der Waals surface area contributed by atoms with Crippen molar-refractivity contribution in [2.24, 2.45) is 5.73 Å². The normalized spacial score (nSPS) is 21.9. The lowest BCUT2D eigenvalue weighted by Gasteiger charge is -2.34. The molecule has 2 N–H and O–H groups in total. The number of fused-ring (bicyclic) bond motifs is 1. The first-order valence-electron chi connectivity index (χ1n) is 7.31. The molecule has 0 unspecified atom stereocenters. The summed E-state index contributed by atoms with van der Waals surface area (Å²) in [5.74, 6) is -0.329. The van der Waals surface area contributed by atoms with Gasteiger partial charge in [-0.15, -0.1) is 0 Å². The number of aromatic nitrogens is 1. The fraction of sp³-hybridized carbons (Fsp3) is 0.643. The molecule has 1 fully saturated rings. The molecule has 2 aliphatic rings. The molecule has 1 aromatic rings. The average Bonchev–Trinajstić information content (AvgIpc) is 2.90. The first kappa shape index (κ1) is 14.1. The number of aryl methyl sites for hydroxylation is 1. The SMILES string of the molecule is NC(=O)C[C@H]1COCCN1C(=O)c1onc2c1CCCC2. The van der Waals surface area contributed by atoms with Crippen LogP contribution in [0.5, 0.6) is 0 Å². The Labute approximate surface area is 122 Å². The van der Waals surface area contributed by atoms with E-state index < -0.39 is 5.91 Å². The molecule has 2 amide bonds. The molecule has 0 saturated carbocycles. The predicted octanol–water partition coefficient (Wildman–Crippen LogP) is 0.270. The van der Waals surface area contributed by atoms with Crippen LogP contribution < -0.4 is 5.73 Å². The number of rotatable bonds is 3. The lowest BCUT2D eigenvalue weighted by Crippen LogP contribution is -2.50. The summed E-state index contributed by atoms with van der Waals surface area (Å²) in [4.78, 5) is 25.5. The molecule has 21 heavy (non-hydrogen) atoms. The first-order valence-corrected chi connectivity index (χ1v) is 7.31. The molecule has 1 aliphatic carbocycles. The van der Waals surface area contributed by atoms with Crippen LogP contribution in [0.4, 0.5) is 0 Å². The summed E-state index contributed by atoms with van der Waals surface area (Å²) >= 11 is 0. The van der Waals surface area contributed by atoms with Gasteiger partial charge in [0.1, 0.15) is 0 Å². The fourth-order valence-corrected chi connectivity index (χ4v) is 3.01. The van der Waals surface area contributed by atoms with E-state index in [1.807, 2.05) is 0 Å². The summed E-state index contributed by atoms with van der Waals surface area (Å²) in [7, 11) is 0. The molecule has 0 spiro atoms. The molecule has 1 aromatic heterocycles. The van der Waals surface area contributed by atoms with Gasteiger partial charge in [0.05, 0.1) is 24.9 Å². The van der Waals surface area contributed by atoms with Crippen molar-refractivity contribution in [2.45, 2.75) is 38.1 Å². The monoisotopic (exact) mass is 293 g/mol. The van der Waals surface area contributed by atoms with E-state index in [1.54, 1.807) is 4.90 Å². The lowest BCUT2D eigenvalue weighted by atomic mass is 9.95. The van der Waals surface area contributed by atoms with Gasteiger partial charge in [-0.3, -0.25) is 9.59 Å². The molecule has 1 aliphatic heterocycles. The first-order chi connectivity index (χ1) is 10.2. The van der Waals surface area contributed by atoms with Crippen LogP contribution in [0.15, 0.2) is 4.52 Å². The van der Waals surface area contributed by atoms with Crippen molar-refractivity contribution in [2.75, 3.05) is 19.8 Å². The summed E-state index contributed by atoms with van der Waals surface area (Å²) in [6.45, 7) is 1.22. The van der Waals surface area contributed by atoms with Crippen molar-refractivity contribution >= 4 is 11.8 Å². The van der Waals surface area contributed by atoms with E-state index in [9.17, 15) is 9.59 Å². The van der Waals surface area contributed by atoms with E-state index in [1.165, 1.54) is 0 Å². The highest BCUT2D eigenvalue weighted by Gasteiger charge is 2.34. The number of primary amides is 1. The molecule has 7 nitrogen and oxygen atoms in total. The van der Waals surface area contributed by atoms with Crippen LogP contribution in [-0.4, -0.2) is 47.7 Å². The van der Waals surface area contributed by atoms with Crippen LogP contribution in [0.25, 0.3) is 0 Å². The Kier molecular flexibility index (Phi) is 3.92. The van der Waals surface area contributed by atoms with Gasteiger partial charge in [-0.25, -0.2) is 0 Å². The Morgan fingerprint density at radius 1 is 1.33 bits per heavy atom. The van der Waals surface area contributed by atoms with E-state index in [0.717, 1.165) is 36.9 Å². The maximum absolute atomic E-state index is 12.7. The molecular formula is C14H19N3O4.